The highest BCUT2D eigenvalue weighted by Gasteiger charge is 2.46. The standard InChI is InChI=1S/C24H20F3N3O4S/c25-15-8-13(9-16(26)20(15)27)17-10-30(29-28-17)21-22(32)18(11-31)34-24(23(21)33)35-19-7-3-5-12-4-1-2-6-14(12)19/h1-10,18,21-24,31-33H,11H2. The molecule has 0 radical (unpaired) electrons. The first kappa shape index (κ1) is 23.8. The van der Waals surface area contributed by atoms with E-state index in [9.17, 15) is 28.5 Å². The van der Waals surface area contributed by atoms with Gasteiger partial charge in [-0.15, -0.1) is 5.10 Å². The van der Waals surface area contributed by atoms with Crippen LogP contribution in [0.3, 0.4) is 0 Å². The van der Waals surface area contributed by atoms with E-state index in [0.29, 0.717) is 0 Å². The summed E-state index contributed by atoms with van der Waals surface area (Å²) in [5.41, 5.74) is -0.948. The number of ether oxygens (including phenoxy) is 1. The van der Waals surface area contributed by atoms with Crippen LogP contribution >= 0.6 is 11.8 Å². The van der Waals surface area contributed by atoms with Gasteiger partial charge in [0, 0.05) is 10.5 Å². The van der Waals surface area contributed by atoms with Gasteiger partial charge in [0.1, 0.15) is 35.5 Å². The highest BCUT2D eigenvalue weighted by molar-refractivity contribution is 8.00. The van der Waals surface area contributed by atoms with Crippen molar-refractivity contribution in [1.29, 1.82) is 0 Å². The lowest BCUT2D eigenvalue weighted by molar-refractivity contribution is -0.178. The number of fused-ring (bicyclic) bond motifs is 1. The summed E-state index contributed by atoms with van der Waals surface area (Å²) in [5.74, 6) is -4.37. The summed E-state index contributed by atoms with van der Waals surface area (Å²) in [6, 6.07) is 13.9. The van der Waals surface area contributed by atoms with Gasteiger partial charge in [0.2, 0.25) is 0 Å². The van der Waals surface area contributed by atoms with Crippen LogP contribution in [0.5, 0.6) is 0 Å². The maximum atomic E-state index is 13.7. The van der Waals surface area contributed by atoms with Crippen molar-refractivity contribution < 1.29 is 33.2 Å². The first-order valence-electron chi connectivity index (χ1n) is 10.7. The van der Waals surface area contributed by atoms with Crippen LogP contribution in [-0.2, 0) is 4.74 Å². The van der Waals surface area contributed by atoms with E-state index in [-0.39, 0.29) is 11.3 Å². The summed E-state index contributed by atoms with van der Waals surface area (Å²) < 4.78 is 47.7. The third-order valence-corrected chi connectivity index (χ3v) is 7.17. The SMILES string of the molecule is OCC1OC(Sc2cccc3ccccc23)C(O)C(n2cc(-c3cc(F)c(F)c(F)c3)nn2)C1O. The van der Waals surface area contributed by atoms with Crippen LogP contribution in [-0.4, -0.2) is 60.7 Å². The zero-order valence-corrected chi connectivity index (χ0v) is 18.8. The van der Waals surface area contributed by atoms with E-state index < -0.39 is 53.8 Å². The number of aromatic nitrogens is 3. The molecule has 1 aromatic heterocycles. The molecule has 1 saturated heterocycles. The number of halogens is 3. The van der Waals surface area contributed by atoms with Gasteiger partial charge in [-0.3, -0.25) is 0 Å². The van der Waals surface area contributed by atoms with E-state index in [1.165, 1.54) is 18.0 Å². The number of aliphatic hydroxyl groups excluding tert-OH is 3. The lowest BCUT2D eigenvalue weighted by Crippen LogP contribution is -2.55. The first-order chi connectivity index (χ1) is 16.9. The minimum atomic E-state index is -1.60. The van der Waals surface area contributed by atoms with Gasteiger partial charge < -0.3 is 20.1 Å². The smallest absolute Gasteiger partial charge is 0.194 e. The summed E-state index contributed by atoms with van der Waals surface area (Å²) in [6.45, 7) is -0.521. The average molecular weight is 504 g/mol. The van der Waals surface area contributed by atoms with Crippen LogP contribution in [0.15, 0.2) is 65.7 Å². The third kappa shape index (κ3) is 4.41. The Labute approximate surface area is 201 Å². The number of hydrogen-bond donors (Lipinski definition) is 3. The molecule has 2 heterocycles. The van der Waals surface area contributed by atoms with Gasteiger partial charge in [-0.2, -0.15) is 0 Å². The molecule has 0 spiro atoms. The second-order valence-corrected chi connectivity index (χ2v) is 9.27. The average Bonchev–Trinajstić information content (AvgIpc) is 3.34. The van der Waals surface area contributed by atoms with E-state index >= 15 is 0 Å². The van der Waals surface area contributed by atoms with E-state index in [1.807, 2.05) is 42.5 Å². The minimum Gasteiger partial charge on any atom is -0.394 e. The van der Waals surface area contributed by atoms with Crippen molar-refractivity contribution in [3.05, 3.63) is 78.2 Å². The predicted octanol–water partition coefficient (Wildman–Crippen LogP) is 3.29. The molecule has 182 valence electrons. The molecule has 5 unspecified atom stereocenters. The van der Waals surface area contributed by atoms with Crippen molar-refractivity contribution in [3.8, 4) is 11.3 Å². The first-order valence-corrected chi connectivity index (χ1v) is 11.6. The number of hydrogen-bond acceptors (Lipinski definition) is 7. The maximum Gasteiger partial charge on any atom is 0.194 e. The van der Waals surface area contributed by atoms with Crippen molar-refractivity contribution in [2.75, 3.05) is 6.61 Å². The fourth-order valence-corrected chi connectivity index (χ4v) is 5.38. The van der Waals surface area contributed by atoms with Crippen LogP contribution in [0.25, 0.3) is 22.0 Å². The Hall–Kier alpha value is -2.96. The molecule has 0 aliphatic carbocycles. The van der Waals surface area contributed by atoms with Gasteiger partial charge in [-0.05, 0) is 29.0 Å². The summed E-state index contributed by atoms with van der Waals surface area (Å²) in [7, 11) is 0. The topological polar surface area (TPSA) is 101 Å². The number of thioether (sulfide) groups is 1. The molecule has 1 aliphatic rings. The van der Waals surface area contributed by atoms with Crippen LogP contribution in [0, 0.1) is 17.5 Å². The molecule has 0 saturated carbocycles. The normalized spacial score (nSPS) is 24.7. The van der Waals surface area contributed by atoms with Crippen LogP contribution in [0.1, 0.15) is 6.04 Å². The molecule has 5 rings (SSSR count). The number of aliphatic hydroxyl groups is 3. The Bertz CT molecular complexity index is 1340. The molecule has 4 aromatic rings. The van der Waals surface area contributed by atoms with Gasteiger partial charge in [0.15, 0.2) is 17.5 Å². The highest BCUT2D eigenvalue weighted by atomic mass is 32.2. The van der Waals surface area contributed by atoms with Crippen molar-refractivity contribution in [3.63, 3.8) is 0 Å². The Balaban J connectivity index is 1.47. The van der Waals surface area contributed by atoms with E-state index in [2.05, 4.69) is 10.3 Å². The van der Waals surface area contributed by atoms with Crippen LogP contribution in [0.2, 0.25) is 0 Å². The maximum absolute atomic E-state index is 13.7. The van der Waals surface area contributed by atoms with Crippen molar-refractivity contribution in [1.82, 2.24) is 15.0 Å². The monoisotopic (exact) mass is 503 g/mol. The van der Waals surface area contributed by atoms with Crippen molar-refractivity contribution in [2.45, 2.75) is 34.7 Å². The lowest BCUT2D eigenvalue weighted by Gasteiger charge is -2.41. The van der Waals surface area contributed by atoms with E-state index in [1.54, 1.807) is 0 Å². The van der Waals surface area contributed by atoms with Gasteiger partial charge >= 0.3 is 0 Å². The fourth-order valence-electron chi connectivity index (χ4n) is 4.16. The van der Waals surface area contributed by atoms with Crippen molar-refractivity contribution >= 4 is 22.5 Å². The number of benzene rings is 3. The Morgan fingerprint density at radius 1 is 0.971 bits per heavy atom. The van der Waals surface area contributed by atoms with Crippen molar-refractivity contribution in [2.24, 2.45) is 0 Å². The Morgan fingerprint density at radius 2 is 1.69 bits per heavy atom. The van der Waals surface area contributed by atoms with Gasteiger partial charge in [0.25, 0.3) is 0 Å². The molecule has 3 N–H and O–H groups in total. The van der Waals surface area contributed by atoms with Gasteiger partial charge in [-0.25, -0.2) is 17.9 Å². The molecule has 5 atom stereocenters. The second-order valence-electron chi connectivity index (χ2n) is 8.13. The molecule has 1 fully saturated rings. The molecule has 11 heteroatoms. The number of nitrogens with zero attached hydrogens (tertiary/aromatic N) is 3. The predicted molar refractivity (Wildman–Crippen MR) is 122 cm³/mol. The van der Waals surface area contributed by atoms with Crippen LogP contribution < -0.4 is 0 Å². The molecule has 1 aliphatic heterocycles. The quantitative estimate of drug-likeness (QED) is 0.360. The zero-order chi connectivity index (χ0) is 24.7. The third-order valence-electron chi connectivity index (χ3n) is 5.94. The molecule has 35 heavy (non-hydrogen) atoms. The second kappa shape index (κ2) is 9.59. The summed E-state index contributed by atoms with van der Waals surface area (Å²) in [5, 5.41) is 41.5. The summed E-state index contributed by atoms with van der Waals surface area (Å²) >= 11 is 1.23. The molecular formula is C24H20F3N3O4S. The Morgan fingerprint density at radius 3 is 2.43 bits per heavy atom. The van der Waals surface area contributed by atoms with Gasteiger partial charge in [0.05, 0.1) is 12.8 Å². The summed E-state index contributed by atoms with van der Waals surface area (Å²) in [6.07, 6.45) is -2.42. The van der Waals surface area contributed by atoms with Crippen LogP contribution in [0.4, 0.5) is 13.2 Å². The molecule has 3 aromatic carbocycles. The van der Waals surface area contributed by atoms with Gasteiger partial charge in [-0.1, -0.05) is 53.4 Å². The highest BCUT2D eigenvalue weighted by Crippen LogP contribution is 2.40. The molecule has 0 amide bonds. The summed E-state index contributed by atoms with van der Waals surface area (Å²) in [4.78, 5) is 0.829. The largest absolute Gasteiger partial charge is 0.394 e. The minimum absolute atomic E-state index is 0.00694. The number of rotatable bonds is 5. The lowest BCUT2D eigenvalue weighted by atomic mass is 9.97. The zero-order valence-electron chi connectivity index (χ0n) is 18.0. The molecule has 0 bridgehead atoms. The molecule has 7 nitrogen and oxygen atoms in total. The van der Waals surface area contributed by atoms with E-state index in [4.69, 9.17) is 4.74 Å². The Kier molecular flexibility index (Phi) is 6.51. The molecular weight excluding hydrogens is 483 g/mol. The fraction of sp³-hybridized carbons (Fsp3) is 0.250. The van der Waals surface area contributed by atoms with E-state index in [0.717, 1.165) is 32.5 Å².